The van der Waals surface area contributed by atoms with Crippen LogP contribution in [0.25, 0.3) is 0 Å². The van der Waals surface area contributed by atoms with Crippen LogP contribution < -0.4 is 5.32 Å². The third kappa shape index (κ3) is 3.47. The average molecular weight is 311 g/mol. The second kappa shape index (κ2) is 6.41. The van der Waals surface area contributed by atoms with E-state index in [4.69, 9.17) is 10.00 Å². The van der Waals surface area contributed by atoms with Crippen molar-refractivity contribution in [2.45, 2.75) is 19.9 Å². The van der Waals surface area contributed by atoms with Gasteiger partial charge in [-0.15, -0.1) is 0 Å². The number of rotatable bonds is 4. The summed E-state index contributed by atoms with van der Waals surface area (Å²) in [5.41, 5.74) is 1.32. The SMILES string of the molecule is COC(=O)C(Nc1ccc(C#N)c(Br)c1)C(C)C. The summed E-state index contributed by atoms with van der Waals surface area (Å²) in [6.45, 7) is 3.88. The van der Waals surface area contributed by atoms with Crippen molar-refractivity contribution in [1.82, 2.24) is 0 Å². The molecule has 0 aliphatic rings. The zero-order chi connectivity index (χ0) is 13.7. The molecule has 0 spiro atoms. The minimum Gasteiger partial charge on any atom is -0.467 e. The number of nitrogens with zero attached hydrogens (tertiary/aromatic N) is 1. The molecule has 1 rings (SSSR count). The van der Waals surface area contributed by atoms with Crippen molar-refractivity contribution in [3.05, 3.63) is 28.2 Å². The van der Waals surface area contributed by atoms with Gasteiger partial charge in [0.2, 0.25) is 0 Å². The molecule has 1 atom stereocenters. The van der Waals surface area contributed by atoms with Crippen LogP contribution in [0, 0.1) is 17.2 Å². The van der Waals surface area contributed by atoms with Crippen molar-refractivity contribution < 1.29 is 9.53 Å². The third-order valence-electron chi connectivity index (χ3n) is 2.53. The molecule has 0 fully saturated rings. The summed E-state index contributed by atoms with van der Waals surface area (Å²) >= 11 is 3.31. The number of halogens is 1. The Morgan fingerprint density at radius 3 is 2.61 bits per heavy atom. The highest BCUT2D eigenvalue weighted by atomic mass is 79.9. The van der Waals surface area contributed by atoms with Gasteiger partial charge in [0.15, 0.2) is 0 Å². The zero-order valence-corrected chi connectivity index (χ0v) is 12.1. The topological polar surface area (TPSA) is 62.1 Å². The zero-order valence-electron chi connectivity index (χ0n) is 10.5. The number of hydrogen-bond donors (Lipinski definition) is 1. The van der Waals surface area contributed by atoms with Crippen molar-refractivity contribution in [3.63, 3.8) is 0 Å². The molecule has 18 heavy (non-hydrogen) atoms. The molecule has 0 aromatic heterocycles. The number of benzene rings is 1. The minimum atomic E-state index is -0.408. The Morgan fingerprint density at radius 1 is 1.50 bits per heavy atom. The first-order chi connectivity index (χ1) is 8.49. The first kappa shape index (κ1) is 14.5. The Hall–Kier alpha value is -1.54. The maximum atomic E-state index is 11.6. The van der Waals surface area contributed by atoms with E-state index >= 15 is 0 Å². The summed E-state index contributed by atoms with van der Waals surface area (Å²) in [6.07, 6.45) is 0. The van der Waals surface area contributed by atoms with Gasteiger partial charge in [-0.1, -0.05) is 13.8 Å². The van der Waals surface area contributed by atoms with Gasteiger partial charge in [-0.3, -0.25) is 0 Å². The predicted molar refractivity (Wildman–Crippen MR) is 73.1 cm³/mol. The van der Waals surface area contributed by atoms with Crippen LogP contribution in [0.2, 0.25) is 0 Å². The number of ether oxygens (including phenoxy) is 1. The van der Waals surface area contributed by atoms with Crippen LogP contribution in [0.3, 0.4) is 0 Å². The normalized spacial score (nSPS) is 11.8. The molecule has 5 heteroatoms. The molecule has 0 aliphatic heterocycles. The first-order valence-corrected chi connectivity index (χ1v) is 6.33. The van der Waals surface area contributed by atoms with E-state index < -0.39 is 6.04 Å². The number of nitrogens with one attached hydrogen (secondary N) is 1. The highest BCUT2D eigenvalue weighted by Gasteiger charge is 2.22. The summed E-state index contributed by atoms with van der Waals surface area (Å²) in [4.78, 5) is 11.6. The van der Waals surface area contributed by atoms with Gasteiger partial charge < -0.3 is 10.1 Å². The summed E-state index contributed by atoms with van der Waals surface area (Å²) < 4.78 is 5.45. The maximum absolute atomic E-state index is 11.6. The molecule has 0 radical (unpaired) electrons. The second-order valence-electron chi connectivity index (χ2n) is 4.20. The van der Waals surface area contributed by atoms with Crippen LogP contribution in [0.15, 0.2) is 22.7 Å². The van der Waals surface area contributed by atoms with Gasteiger partial charge in [0.05, 0.1) is 12.7 Å². The van der Waals surface area contributed by atoms with Crippen molar-refractivity contribution >= 4 is 27.6 Å². The van der Waals surface area contributed by atoms with Crippen molar-refractivity contribution in [1.29, 1.82) is 5.26 Å². The molecular formula is C13H15BrN2O2. The highest BCUT2D eigenvalue weighted by Crippen LogP contribution is 2.22. The molecule has 0 saturated heterocycles. The van der Waals surface area contributed by atoms with E-state index in [2.05, 4.69) is 27.3 Å². The van der Waals surface area contributed by atoms with E-state index in [1.807, 2.05) is 13.8 Å². The van der Waals surface area contributed by atoms with Crippen LogP contribution in [-0.4, -0.2) is 19.1 Å². The summed E-state index contributed by atoms with van der Waals surface area (Å²) in [7, 11) is 1.37. The molecule has 0 saturated carbocycles. The van der Waals surface area contributed by atoms with Crippen LogP contribution in [0.4, 0.5) is 5.69 Å². The largest absolute Gasteiger partial charge is 0.467 e. The Balaban J connectivity index is 2.92. The lowest BCUT2D eigenvalue weighted by atomic mass is 10.0. The van der Waals surface area contributed by atoms with Gasteiger partial charge in [-0.2, -0.15) is 5.26 Å². The van der Waals surface area contributed by atoms with Gasteiger partial charge >= 0.3 is 5.97 Å². The molecule has 0 bridgehead atoms. The molecule has 96 valence electrons. The highest BCUT2D eigenvalue weighted by molar-refractivity contribution is 9.10. The molecule has 1 aromatic rings. The summed E-state index contributed by atoms with van der Waals surface area (Å²) in [6, 6.07) is 6.89. The molecule has 1 aromatic carbocycles. The first-order valence-electron chi connectivity index (χ1n) is 5.53. The summed E-state index contributed by atoms with van der Waals surface area (Å²) in [5, 5.41) is 11.9. The molecule has 1 unspecified atom stereocenters. The van der Waals surface area contributed by atoms with Crippen LogP contribution >= 0.6 is 15.9 Å². The molecule has 0 aliphatic carbocycles. The van der Waals surface area contributed by atoms with Crippen LogP contribution in [0.5, 0.6) is 0 Å². The molecule has 0 heterocycles. The lowest BCUT2D eigenvalue weighted by Gasteiger charge is -2.21. The predicted octanol–water partition coefficient (Wildman–Crippen LogP) is 2.93. The van der Waals surface area contributed by atoms with Crippen molar-refractivity contribution in [2.24, 2.45) is 5.92 Å². The van der Waals surface area contributed by atoms with Gasteiger partial charge in [0, 0.05) is 10.2 Å². The van der Waals surface area contributed by atoms with Crippen LogP contribution in [0.1, 0.15) is 19.4 Å². The number of esters is 1. The summed E-state index contributed by atoms with van der Waals surface area (Å²) in [5.74, 6) is -0.197. The number of carbonyl (C=O) groups excluding carboxylic acids is 1. The fourth-order valence-corrected chi connectivity index (χ4v) is 1.97. The molecule has 4 nitrogen and oxygen atoms in total. The van der Waals surface area contributed by atoms with Crippen LogP contribution in [-0.2, 0) is 9.53 Å². The van der Waals surface area contributed by atoms with Gasteiger partial charge in [0.25, 0.3) is 0 Å². The van der Waals surface area contributed by atoms with E-state index in [1.165, 1.54) is 7.11 Å². The third-order valence-corrected chi connectivity index (χ3v) is 3.19. The van der Waals surface area contributed by atoms with E-state index in [-0.39, 0.29) is 11.9 Å². The lowest BCUT2D eigenvalue weighted by Crippen LogP contribution is -2.35. The second-order valence-corrected chi connectivity index (χ2v) is 5.05. The van der Waals surface area contributed by atoms with E-state index in [0.717, 1.165) is 5.69 Å². The monoisotopic (exact) mass is 310 g/mol. The Labute approximate surface area is 115 Å². The number of nitriles is 1. The maximum Gasteiger partial charge on any atom is 0.328 e. The van der Waals surface area contributed by atoms with Gasteiger partial charge in [-0.05, 0) is 40.0 Å². The fraction of sp³-hybridized carbons (Fsp3) is 0.385. The quantitative estimate of drug-likeness (QED) is 0.869. The lowest BCUT2D eigenvalue weighted by molar-refractivity contribution is -0.142. The van der Waals surface area contributed by atoms with Crippen molar-refractivity contribution in [2.75, 3.05) is 12.4 Å². The minimum absolute atomic E-state index is 0.104. The Morgan fingerprint density at radius 2 is 2.17 bits per heavy atom. The molecule has 1 N–H and O–H groups in total. The Kier molecular flexibility index (Phi) is 5.17. The number of hydrogen-bond acceptors (Lipinski definition) is 4. The fourth-order valence-electron chi connectivity index (χ4n) is 1.50. The smallest absolute Gasteiger partial charge is 0.328 e. The molecular weight excluding hydrogens is 296 g/mol. The number of carbonyl (C=O) groups is 1. The molecule has 0 amide bonds. The number of anilines is 1. The van der Waals surface area contributed by atoms with Gasteiger partial charge in [0.1, 0.15) is 12.1 Å². The van der Waals surface area contributed by atoms with Crippen molar-refractivity contribution in [3.8, 4) is 6.07 Å². The average Bonchev–Trinajstić information content (AvgIpc) is 2.35. The van der Waals surface area contributed by atoms with E-state index in [9.17, 15) is 4.79 Å². The van der Waals surface area contributed by atoms with E-state index in [0.29, 0.717) is 10.0 Å². The standard InChI is InChI=1S/C13H15BrN2O2/c1-8(2)12(13(17)18-3)16-10-5-4-9(7-15)11(14)6-10/h4-6,8,12,16H,1-3H3. The van der Waals surface area contributed by atoms with E-state index in [1.54, 1.807) is 18.2 Å². The number of methoxy groups -OCH3 is 1. The Bertz CT molecular complexity index is 480. The van der Waals surface area contributed by atoms with Gasteiger partial charge in [-0.25, -0.2) is 4.79 Å².